The van der Waals surface area contributed by atoms with Gasteiger partial charge in [-0.3, -0.25) is 19.2 Å². The predicted octanol–water partition coefficient (Wildman–Crippen LogP) is 3.76. The van der Waals surface area contributed by atoms with Crippen LogP contribution in [0.3, 0.4) is 0 Å². The SMILES string of the molecule is CC(C)CC(=O)Oc1ccc(C[C@H](NCC(C)OC(=O)C(C)C)C(=O)O)cc1OC(=O)CC(C)C. The lowest BCUT2D eigenvalue weighted by Gasteiger charge is -2.20. The number of hydrogen-bond donors (Lipinski definition) is 2. The monoisotopic (exact) mass is 493 g/mol. The third-order valence-corrected chi connectivity index (χ3v) is 4.78. The molecule has 9 heteroatoms. The summed E-state index contributed by atoms with van der Waals surface area (Å²) in [7, 11) is 0. The number of rotatable bonds is 14. The van der Waals surface area contributed by atoms with Gasteiger partial charge in [-0.05, 0) is 42.9 Å². The molecule has 0 aliphatic carbocycles. The number of aliphatic carboxylic acids is 1. The van der Waals surface area contributed by atoms with Gasteiger partial charge in [0.2, 0.25) is 0 Å². The molecule has 1 aromatic carbocycles. The Morgan fingerprint density at radius 1 is 0.857 bits per heavy atom. The minimum atomic E-state index is -1.09. The van der Waals surface area contributed by atoms with Crippen LogP contribution in [0.2, 0.25) is 0 Å². The first-order valence-corrected chi connectivity index (χ1v) is 12.0. The Morgan fingerprint density at radius 2 is 1.40 bits per heavy atom. The largest absolute Gasteiger partial charge is 0.480 e. The van der Waals surface area contributed by atoms with Crippen molar-refractivity contribution < 1.29 is 38.5 Å². The van der Waals surface area contributed by atoms with Crippen LogP contribution < -0.4 is 14.8 Å². The minimum absolute atomic E-state index is 0.0635. The molecule has 9 nitrogen and oxygen atoms in total. The average Bonchev–Trinajstić information content (AvgIpc) is 2.71. The summed E-state index contributed by atoms with van der Waals surface area (Å²) in [6.07, 6.45) is -0.0708. The van der Waals surface area contributed by atoms with Crippen molar-refractivity contribution in [3.63, 3.8) is 0 Å². The van der Waals surface area contributed by atoms with E-state index in [9.17, 15) is 24.3 Å². The van der Waals surface area contributed by atoms with Crippen LogP contribution in [-0.2, 0) is 30.3 Å². The van der Waals surface area contributed by atoms with E-state index in [0.717, 1.165) is 0 Å². The fourth-order valence-corrected chi connectivity index (χ4v) is 3.01. The van der Waals surface area contributed by atoms with E-state index in [1.54, 1.807) is 26.8 Å². The van der Waals surface area contributed by atoms with Crippen LogP contribution in [0.4, 0.5) is 0 Å². The number of benzene rings is 1. The standard InChI is InChI=1S/C26H39NO8/c1-15(2)10-23(28)34-21-9-8-19(13-22(21)35-24(29)11-16(3)4)12-20(25(30)31)27-14-18(7)33-26(32)17(5)6/h8-9,13,15-18,20,27H,10-12,14H2,1-7H3,(H,30,31)/t18?,20-/m0/s1. The fourth-order valence-electron chi connectivity index (χ4n) is 3.01. The van der Waals surface area contributed by atoms with Gasteiger partial charge in [0.1, 0.15) is 12.1 Å². The molecule has 1 rings (SSSR count). The number of carboxylic acids is 1. The molecule has 0 aliphatic heterocycles. The van der Waals surface area contributed by atoms with Crippen molar-refractivity contribution in [3.05, 3.63) is 23.8 Å². The number of hydrogen-bond acceptors (Lipinski definition) is 8. The number of carbonyl (C=O) groups is 4. The van der Waals surface area contributed by atoms with Gasteiger partial charge in [-0.1, -0.05) is 47.6 Å². The smallest absolute Gasteiger partial charge is 0.321 e. The summed E-state index contributed by atoms with van der Waals surface area (Å²) >= 11 is 0. The first-order valence-electron chi connectivity index (χ1n) is 12.0. The molecule has 0 fully saturated rings. The van der Waals surface area contributed by atoms with Crippen molar-refractivity contribution >= 4 is 23.9 Å². The maximum absolute atomic E-state index is 12.3. The number of ether oxygens (including phenoxy) is 3. The Bertz CT molecular complexity index is 878. The van der Waals surface area contributed by atoms with E-state index in [-0.39, 0.29) is 61.0 Å². The van der Waals surface area contributed by atoms with Crippen molar-refractivity contribution in [3.8, 4) is 11.5 Å². The molecule has 0 spiro atoms. The molecule has 0 radical (unpaired) electrons. The Kier molecular flexibility index (Phi) is 12.4. The highest BCUT2D eigenvalue weighted by molar-refractivity contribution is 5.77. The normalized spacial score (nSPS) is 13.0. The highest BCUT2D eigenvalue weighted by Crippen LogP contribution is 2.30. The molecule has 2 atom stereocenters. The maximum atomic E-state index is 12.3. The molecule has 196 valence electrons. The van der Waals surface area contributed by atoms with Gasteiger partial charge < -0.3 is 24.6 Å². The van der Waals surface area contributed by atoms with Crippen LogP contribution in [0.25, 0.3) is 0 Å². The zero-order valence-corrected chi connectivity index (χ0v) is 21.8. The topological polar surface area (TPSA) is 128 Å². The van der Waals surface area contributed by atoms with Crippen LogP contribution in [0, 0.1) is 17.8 Å². The van der Waals surface area contributed by atoms with Crippen molar-refractivity contribution in [2.45, 2.75) is 79.9 Å². The van der Waals surface area contributed by atoms with E-state index >= 15 is 0 Å². The molecule has 0 saturated heterocycles. The molecule has 1 aromatic rings. The summed E-state index contributed by atoms with van der Waals surface area (Å²) in [4.78, 5) is 48.0. The lowest BCUT2D eigenvalue weighted by molar-refractivity contribution is -0.152. The van der Waals surface area contributed by atoms with E-state index in [0.29, 0.717) is 5.56 Å². The summed E-state index contributed by atoms with van der Waals surface area (Å²) in [6.45, 7) is 12.8. The van der Waals surface area contributed by atoms with Crippen molar-refractivity contribution in [2.24, 2.45) is 17.8 Å². The molecule has 0 saturated carbocycles. The predicted molar refractivity (Wildman–Crippen MR) is 130 cm³/mol. The highest BCUT2D eigenvalue weighted by Gasteiger charge is 2.22. The molecule has 1 unspecified atom stereocenters. The van der Waals surface area contributed by atoms with E-state index in [1.807, 2.05) is 27.7 Å². The zero-order valence-electron chi connectivity index (χ0n) is 21.8. The van der Waals surface area contributed by atoms with E-state index in [4.69, 9.17) is 14.2 Å². The molecule has 0 bridgehead atoms. The first-order chi connectivity index (χ1) is 16.3. The van der Waals surface area contributed by atoms with Crippen LogP contribution >= 0.6 is 0 Å². The van der Waals surface area contributed by atoms with Gasteiger partial charge in [0.05, 0.1) is 5.92 Å². The van der Waals surface area contributed by atoms with Crippen LogP contribution in [0.15, 0.2) is 18.2 Å². The van der Waals surface area contributed by atoms with Crippen LogP contribution in [-0.4, -0.2) is 47.7 Å². The molecular weight excluding hydrogens is 454 g/mol. The third-order valence-electron chi connectivity index (χ3n) is 4.78. The Labute approximate surface area is 207 Å². The van der Waals surface area contributed by atoms with Crippen LogP contribution in [0.1, 0.15) is 66.9 Å². The van der Waals surface area contributed by atoms with Gasteiger partial charge in [0.15, 0.2) is 11.5 Å². The van der Waals surface area contributed by atoms with Gasteiger partial charge in [-0.25, -0.2) is 0 Å². The molecular formula is C26H39NO8. The summed E-state index contributed by atoms with van der Waals surface area (Å²) in [6, 6.07) is 3.65. The summed E-state index contributed by atoms with van der Waals surface area (Å²) in [5.41, 5.74) is 0.563. The summed E-state index contributed by atoms with van der Waals surface area (Å²) < 4.78 is 16.1. The van der Waals surface area contributed by atoms with Gasteiger partial charge in [-0.2, -0.15) is 0 Å². The molecule has 0 aliphatic rings. The minimum Gasteiger partial charge on any atom is -0.480 e. The van der Waals surface area contributed by atoms with Gasteiger partial charge >= 0.3 is 23.9 Å². The zero-order chi connectivity index (χ0) is 26.7. The van der Waals surface area contributed by atoms with Gasteiger partial charge in [0.25, 0.3) is 0 Å². The number of nitrogens with one attached hydrogen (secondary N) is 1. The summed E-state index contributed by atoms with van der Waals surface area (Å²) in [5.74, 6) is -2.32. The lowest BCUT2D eigenvalue weighted by Crippen LogP contribution is -2.43. The van der Waals surface area contributed by atoms with Crippen molar-refractivity contribution in [1.29, 1.82) is 0 Å². The molecule has 0 aromatic heterocycles. The lowest BCUT2D eigenvalue weighted by atomic mass is 10.0. The fraction of sp³-hybridized carbons (Fsp3) is 0.615. The van der Waals surface area contributed by atoms with Crippen molar-refractivity contribution in [2.75, 3.05) is 6.54 Å². The second kappa shape index (κ2) is 14.5. The van der Waals surface area contributed by atoms with E-state index in [2.05, 4.69) is 5.32 Å². The number of carboxylic acid groups (broad SMARTS) is 1. The van der Waals surface area contributed by atoms with Gasteiger partial charge in [-0.15, -0.1) is 0 Å². The van der Waals surface area contributed by atoms with E-state index < -0.39 is 30.1 Å². The average molecular weight is 494 g/mol. The Balaban J connectivity index is 3.02. The Hall–Kier alpha value is -2.94. The molecule has 2 N–H and O–H groups in total. The van der Waals surface area contributed by atoms with Crippen molar-refractivity contribution in [1.82, 2.24) is 5.32 Å². The molecule has 0 heterocycles. The van der Waals surface area contributed by atoms with E-state index in [1.165, 1.54) is 12.1 Å². The van der Waals surface area contributed by atoms with Crippen LogP contribution in [0.5, 0.6) is 11.5 Å². The summed E-state index contributed by atoms with van der Waals surface area (Å²) in [5, 5.41) is 12.6. The number of carbonyl (C=O) groups excluding carboxylic acids is 3. The second-order valence-electron chi connectivity index (χ2n) is 9.83. The maximum Gasteiger partial charge on any atom is 0.321 e. The quantitative estimate of drug-likeness (QED) is 0.294. The molecule has 0 amide bonds. The second-order valence-corrected chi connectivity index (χ2v) is 9.83. The Morgan fingerprint density at radius 3 is 1.89 bits per heavy atom. The number of esters is 3. The molecule has 35 heavy (non-hydrogen) atoms. The van der Waals surface area contributed by atoms with Gasteiger partial charge in [0, 0.05) is 19.4 Å². The first kappa shape index (κ1) is 30.1. The highest BCUT2D eigenvalue weighted by atomic mass is 16.6. The third kappa shape index (κ3) is 11.8.